The van der Waals surface area contributed by atoms with Crippen LogP contribution in [-0.4, -0.2) is 39.2 Å². The second-order valence-electron chi connectivity index (χ2n) is 3.39. The molecule has 0 aliphatic rings. The number of rotatable bonds is 5. The van der Waals surface area contributed by atoms with Crippen LogP contribution in [0.5, 0.6) is 0 Å². The molecule has 1 aromatic rings. The lowest BCUT2D eigenvalue weighted by Crippen LogP contribution is -2.20. The molecule has 0 aliphatic heterocycles. The van der Waals surface area contributed by atoms with Gasteiger partial charge in [-0.3, -0.25) is 4.98 Å². The van der Waals surface area contributed by atoms with E-state index in [4.69, 9.17) is 4.74 Å². The fourth-order valence-electron chi connectivity index (χ4n) is 1.25. The standard InChI is InChI=1S/C11H14BrNO4/c1-2-17-11(16)8-3-7(5-13-6-8)10(15)9(14)4-12/h3,5-6,9-10,14-15H,2,4H2,1H3. The second kappa shape index (κ2) is 6.68. The molecule has 0 spiro atoms. The highest BCUT2D eigenvalue weighted by Gasteiger charge is 2.19. The Morgan fingerprint density at radius 2 is 2.24 bits per heavy atom. The Morgan fingerprint density at radius 3 is 2.82 bits per heavy atom. The van der Waals surface area contributed by atoms with E-state index in [1.165, 1.54) is 18.5 Å². The number of aliphatic hydroxyl groups excluding tert-OH is 2. The number of hydrogen-bond donors (Lipinski definition) is 2. The van der Waals surface area contributed by atoms with Crippen LogP contribution in [0.1, 0.15) is 28.9 Å². The first-order valence-corrected chi connectivity index (χ1v) is 6.26. The number of aromatic nitrogens is 1. The third-order valence-corrected chi connectivity index (χ3v) is 2.80. The molecule has 2 N–H and O–H groups in total. The van der Waals surface area contributed by atoms with E-state index in [0.717, 1.165) is 0 Å². The van der Waals surface area contributed by atoms with Crippen LogP contribution in [0.25, 0.3) is 0 Å². The van der Waals surface area contributed by atoms with Gasteiger partial charge in [-0.15, -0.1) is 0 Å². The van der Waals surface area contributed by atoms with E-state index in [2.05, 4.69) is 20.9 Å². The number of halogens is 1. The van der Waals surface area contributed by atoms with E-state index in [0.29, 0.717) is 5.56 Å². The van der Waals surface area contributed by atoms with Crippen molar-refractivity contribution >= 4 is 21.9 Å². The van der Waals surface area contributed by atoms with Gasteiger partial charge >= 0.3 is 5.97 Å². The molecule has 2 atom stereocenters. The van der Waals surface area contributed by atoms with Crippen LogP contribution >= 0.6 is 15.9 Å². The molecule has 0 aliphatic carbocycles. The van der Waals surface area contributed by atoms with Gasteiger partial charge in [-0.2, -0.15) is 0 Å². The lowest BCUT2D eigenvalue weighted by Gasteiger charge is -2.15. The molecule has 1 aromatic heterocycles. The predicted octanol–water partition coefficient (Wildman–Crippen LogP) is 1.05. The molecule has 0 aromatic carbocycles. The largest absolute Gasteiger partial charge is 0.462 e. The van der Waals surface area contributed by atoms with Crippen molar-refractivity contribution in [3.8, 4) is 0 Å². The number of nitrogens with zero attached hydrogens (tertiary/aromatic N) is 1. The maximum absolute atomic E-state index is 11.4. The molecule has 0 radical (unpaired) electrons. The molecule has 1 rings (SSSR count). The summed E-state index contributed by atoms with van der Waals surface area (Å²) in [6.07, 6.45) is 0.721. The van der Waals surface area contributed by atoms with Gasteiger partial charge in [-0.05, 0) is 13.0 Å². The Hall–Kier alpha value is -0.980. The van der Waals surface area contributed by atoms with Gasteiger partial charge in [0.05, 0.1) is 18.3 Å². The van der Waals surface area contributed by atoms with E-state index in [9.17, 15) is 15.0 Å². The van der Waals surface area contributed by atoms with E-state index >= 15 is 0 Å². The summed E-state index contributed by atoms with van der Waals surface area (Å²) in [5.74, 6) is -0.498. The van der Waals surface area contributed by atoms with Gasteiger partial charge in [-0.1, -0.05) is 15.9 Å². The Morgan fingerprint density at radius 1 is 1.53 bits per heavy atom. The van der Waals surface area contributed by atoms with Gasteiger partial charge in [0.25, 0.3) is 0 Å². The number of carbonyl (C=O) groups is 1. The maximum atomic E-state index is 11.4. The van der Waals surface area contributed by atoms with Gasteiger partial charge < -0.3 is 14.9 Å². The summed E-state index contributed by atoms with van der Waals surface area (Å²) >= 11 is 3.06. The monoisotopic (exact) mass is 303 g/mol. The zero-order valence-corrected chi connectivity index (χ0v) is 10.9. The quantitative estimate of drug-likeness (QED) is 0.628. The highest BCUT2D eigenvalue weighted by atomic mass is 79.9. The molecule has 0 saturated carbocycles. The highest BCUT2D eigenvalue weighted by Crippen LogP contribution is 2.18. The number of alkyl halides is 1. The van der Waals surface area contributed by atoms with Crippen molar-refractivity contribution in [3.05, 3.63) is 29.6 Å². The summed E-state index contributed by atoms with van der Waals surface area (Å²) < 4.78 is 4.82. The van der Waals surface area contributed by atoms with Gasteiger partial charge in [0.2, 0.25) is 0 Å². The third kappa shape index (κ3) is 3.76. The minimum absolute atomic E-state index is 0.234. The molecule has 0 bridgehead atoms. The van der Waals surface area contributed by atoms with Crippen LogP contribution < -0.4 is 0 Å². The van der Waals surface area contributed by atoms with Gasteiger partial charge in [0.1, 0.15) is 6.10 Å². The van der Waals surface area contributed by atoms with Crippen LogP contribution in [0, 0.1) is 0 Å². The molecule has 5 nitrogen and oxygen atoms in total. The fourth-order valence-corrected chi connectivity index (χ4v) is 1.61. The van der Waals surface area contributed by atoms with Crippen molar-refractivity contribution in [2.45, 2.75) is 19.1 Å². The molecular formula is C11H14BrNO4. The Bertz CT molecular complexity index is 385. The molecule has 1 heterocycles. The molecular weight excluding hydrogens is 290 g/mol. The van der Waals surface area contributed by atoms with Gasteiger partial charge in [0.15, 0.2) is 0 Å². The van der Waals surface area contributed by atoms with Crippen molar-refractivity contribution in [1.82, 2.24) is 4.98 Å². The van der Waals surface area contributed by atoms with Crippen molar-refractivity contribution in [2.75, 3.05) is 11.9 Å². The van der Waals surface area contributed by atoms with Crippen LogP contribution in [0.15, 0.2) is 18.5 Å². The summed E-state index contributed by atoms with van der Waals surface area (Å²) in [6.45, 7) is 1.98. The number of esters is 1. The van der Waals surface area contributed by atoms with Crippen LogP contribution in [0.2, 0.25) is 0 Å². The predicted molar refractivity (Wildman–Crippen MR) is 65.0 cm³/mol. The average Bonchev–Trinajstić information content (AvgIpc) is 2.37. The van der Waals surface area contributed by atoms with Crippen molar-refractivity contribution < 1.29 is 19.7 Å². The summed E-state index contributed by atoms with van der Waals surface area (Å²) in [6, 6.07) is 1.46. The maximum Gasteiger partial charge on any atom is 0.339 e. The first-order valence-electron chi connectivity index (χ1n) is 5.14. The van der Waals surface area contributed by atoms with E-state index < -0.39 is 18.2 Å². The second-order valence-corrected chi connectivity index (χ2v) is 4.04. The summed E-state index contributed by atoms with van der Waals surface area (Å²) in [5, 5.41) is 19.5. The summed E-state index contributed by atoms with van der Waals surface area (Å²) in [5.41, 5.74) is 0.632. The van der Waals surface area contributed by atoms with E-state index in [-0.39, 0.29) is 17.5 Å². The molecule has 2 unspecified atom stereocenters. The van der Waals surface area contributed by atoms with Crippen LogP contribution in [-0.2, 0) is 4.74 Å². The molecule has 0 fully saturated rings. The van der Waals surface area contributed by atoms with Crippen molar-refractivity contribution in [2.24, 2.45) is 0 Å². The van der Waals surface area contributed by atoms with E-state index in [1.54, 1.807) is 6.92 Å². The Labute approximate surface area is 108 Å². The zero-order chi connectivity index (χ0) is 12.8. The van der Waals surface area contributed by atoms with Crippen molar-refractivity contribution in [1.29, 1.82) is 0 Å². The molecule has 6 heteroatoms. The summed E-state index contributed by atoms with van der Waals surface area (Å²) in [7, 11) is 0. The van der Waals surface area contributed by atoms with Crippen LogP contribution in [0.3, 0.4) is 0 Å². The Kier molecular flexibility index (Phi) is 5.54. The van der Waals surface area contributed by atoms with Gasteiger partial charge in [-0.25, -0.2) is 4.79 Å². The highest BCUT2D eigenvalue weighted by molar-refractivity contribution is 9.09. The van der Waals surface area contributed by atoms with Crippen LogP contribution in [0.4, 0.5) is 0 Å². The number of ether oxygens (including phenoxy) is 1. The Balaban J connectivity index is 2.89. The molecule has 0 saturated heterocycles. The fraction of sp³-hybridized carbons (Fsp3) is 0.455. The lowest BCUT2D eigenvalue weighted by molar-refractivity contribution is 0.0338. The minimum Gasteiger partial charge on any atom is -0.462 e. The molecule has 94 valence electrons. The smallest absolute Gasteiger partial charge is 0.339 e. The van der Waals surface area contributed by atoms with Gasteiger partial charge in [0, 0.05) is 23.3 Å². The summed E-state index contributed by atoms with van der Waals surface area (Å²) in [4.78, 5) is 15.3. The average molecular weight is 304 g/mol. The number of pyridine rings is 1. The first kappa shape index (κ1) is 14.1. The zero-order valence-electron chi connectivity index (χ0n) is 9.34. The third-order valence-electron chi connectivity index (χ3n) is 2.13. The molecule has 17 heavy (non-hydrogen) atoms. The first-order chi connectivity index (χ1) is 8.10. The SMILES string of the molecule is CCOC(=O)c1cncc(C(O)C(O)CBr)c1. The number of carbonyl (C=O) groups excluding carboxylic acids is 1. The normalized spacial score (nSPS) is 14.1. The van der Waals surface area contributed by atoms with Crippen molar-refractivity contribution in [3.63, 3.8) is 0 Å². The number of hydrogen-bond acceptors (Lipinski definition) is 5. The lowest BCUT2D eigenvalue weighted by atomic mass is 10.1. The molecule has 0 amide bonds. The number of aliphatic hydroxyl groups is 2. The topological polar surface area (TPSA) is 79.7 Å². The minimum atomic E-state index is -1.09. The van der Waals surface area contributed by atoms with E-state index in [1.807, 2.05) is 0 Å².